The smallest absolute Gasteiger partial charge is 0.240 e. The first-order valence-electron chi connectivity index (χ1n) is 6.20. The van der Waals surface area contributed by atoms with Gasteiger partial charge in [-0.05, 0) is 45.5 Å². The summed E-state index contributed by atoms with van der Waals surface area (Å²) in [6.45, 7) is 7.04. The molecule has 0 aromatic heterocycles. The zero-order chi connectivity index (χ0) is 14.6. The van der Waals surface area contributed by atoms with Gasteiger partial charge in [0.05, 0.1) is 4.90 Å². The number of hydrogen-bond donors (Lipinski definition) is 1. The normalized spacial score (nSPS) is 12.4. The molecule has 0 amide bonds. The van der Waals surface area contributed by atoms with E-state index < -0.39 is 10.0 Å². The average Bonchev–Trinajstić information content (AvgIpc) is 2.31. The first-order valence-corrected chi connectivity index (χ1v) is 8.47. The predicted molar refractivity (Wildman–Crippen MR) is 81.8 cm³/mol. The van der Waals surface area contributed by atoms with E-state index in [1.807, 2.05) is 13.1 Å². The summed E-state index contributed by atoms with van der Waals surface area (Å²) in [7, 11) is -1.47. The van der Waals surface area contributed by atoms with E-state index in [2.05, 4.69) is 39.4 Å². The molecule has 0 saturated heterocycles. The minimum Gasteiger partial charge on any atom is -0.303 e. The van der Waals surface area contributed by atoms with Crippen molar-refractivity contribution in [2.75, 3.05) is 20.1 Å². The van der Waals surface area contributed by atoms with Crippen LogP contribution in [0.15, 0.2) is 27.6 Å². The summed E-state index contributed by atoms with van der Waals surface area (Å²) in [4.78, 5) is 2.42. The van der Waals surface area contributed by atoms with Gasteiger partial charge in [-0.15, -0.1) is 0 Å². The van der Waals surface area contributed by atoms with E-state index in [1.165, 1.54) is 0 Å². The fraction of sp³-hybridized carbons (Fsp3) is 0.538. The van der Waals surface area contributed by atoms with Gasteiger partial charge in [0.25, 0.3) is 0 Å². The first-order chi connectivity index (χ1) is 8.74. The second-order valence-corrected chi connectivity index (χ2v) is 7.53. The average molecular weight is 349 g/mol. The molecule has 1 N–H and O–H groups in total. The Morgan fingerprint density at radius 3 is 2.58 bits per heavy atom. The van der Waals surface area contributed by atoms with E-state index >= 15 is 0 Å². The Hall–Kier alpha value is -0.430. The molecular weight excluding hydrogens is 328 g/mol. The number of benzene rings is 1. The van der Waals surface area contributed by atoms with Crippen LogP contribution in [-0.4, -0.2) is 39.5 Å². The van der Waals surface area contributed by atoms with Crippen LogP contribution < -0.4 is 4.72 Å². The number of nitrogens with one attached hydrogen (secondary N) is 1. The van der Waals surface area contributed by atoms with Gasteiger partial charge in [0.2, 0.25) is 10.0 Å². The monoisotopic (exact) mass is 348 g/mol. The van der Waals surface area contributed by atoms with Gasteiger partial charge < -0.3 is 4.90 Å². The van der Waals surface area contributed by atoms with E-state index in [1.54, 1.807) is 19.1 Å². The van der Waals surface area contributed by atoms with Gasteiger partial charge in [-0.25, -0.2) is 13.1 Å². The highest BCUT2D eigenvalue weighted by Crippen LogP contribution is 2.20. The van der Waals surface area contributed by atoms with Crippen LogP contribution in [0.1, 0.15) is 19.4 Å². The van der Waals surface area contributed by atoms with Crippen molar-refractivity contribution in [1.82, 2.24) is 9.62 Å². The van der Waals surface area contributed by atoms with E-state index in [4.69, 9.17) is 0 Å². The molecule has 1 rings (SSSR count). The summed E-state index contributed by atoms with van der Waals surface area (Å²) >= 11 is 3.30. The second-order valence-electron chi connectivity index (χ2n) is 4.88. The van der Waals surface area contributed by atoms with Gasteiger partial charge in [-0.1, -0.05) is 22.0 Å². The van der Waals surface area contributed by atoms with Crippen LogP contribution in [0.3, 0.4) is 0 Å². The van der Waals surface area contributed by atoms with Gasteiger partial charge in [0.15, 0.2) is 0 Å². The van der Waals surface area contributed by atoms with Crippen molar-refractivity contribution in [2.24, 2.45) is 0 Å². The molecular formula is C13H21BrN2O2S. The predicted octanol–water partition coefficient (Wildman–Crippen LogP) is 2.38. The van der Waals surface area contributed by atoms with E-state index in [9.17, 15) is 8.42 Å². The molecule has 0 aliphatic carbocycles. The maximum absolute atomic E-state index is 12.2. The third kappa shape index (κ3) is 4.87. The molecule has 0 aliphatic heterocycles. The fourth-order valence-electron chi connectivity index (χ4n) is 1.56. The van der Waals surface area contributed by atoms with Crippen LogP contribution >= 0.6 is 15.9 Å². The third-order valence-electron chi connectivity index (χ3n) is 3.08. The highest BCUT2D eigenvalue weighted by atomic mass is 79.9. The molecule has 4 nitrogen and oxygen atoms in total. The van der Waals surface area contributed by atoms with Crippen molar-refractivity contribution < 1.29 is 8.42 Å². The Balaban J connectivity index is 2.74. The number of likely N-dealkylation sites (N-methyl/N-ethyl adjacent to an activating group) is 1. The molecule has 0 spiro atoms. The highest BCUT2D eigenvalue weighted by molar-refractivity contribution is 9.10. The lowest BCUT2D eigenvalue weighted by Crippen LogP contribution is -2.36. The molecule has 0 radical (unpaired) electrons. The fourth-order valence-corrected chi connectivity index (χ4v) is 3.36. The van der Waals surface area contributed by atoms with Crippen LogP contribution in [0.25, 0.3) is 0 Å². The summed E-state index contributed by atoms with van der Waals surface area (Å²) in [5.74, 6) is 0. The summed E-state index contributed by atoms with van der Waals surface area (Å²) in [6.07, 6.45) is 0. The minimum atomic E-state index is -3.44. The van der Waals surface area contributed by atoms with Crippen LogP contribution in [0, 0.1) is 6.92 Å². The summed E-state index contributed by atoms with van der Waals surface area (Å²) < 4.78 is 27.8. The molecule has 108 valence electrons. The van der Waals surface area contributed by atoms with E-state index in [0.29, 0.717) is 24.0 Å². The quantitative estimate of drug-likeness (QED) is 0.858. The Morgan fingerprint density at radius 2 is 2.00 bits per heavy atom. The lowest BCUT2D eigenvalue weighted by Gasteiger charge is -2.21. The number of hydrogen-bond acceptors (Lipinski definition) is 3. The molecule has 0 bridgehead atoms. The van der Waals surface area contributed by atoms with Gasteiger partial charge in [-0.3, -0.25) is 0 Å². The van der Waals surface area contributed by atoms with Crippen molar-refractivity contribution in [2.45, 2.75) is 31.7 Å². The Kier molecular flexibility index (Phi) is 5.98. The van der Waals surface area contributed by atoms with Crippen molar-refractivity contribution in [3.05, 3.63) is 28.2 Å². The number of nitrogens with zero attached hydrogens (tertiary/aromatic N) is 1. The number of sulfonamides is 1. The molecule has 0 fully saturated rings. The molecule has 1 aromatic rings. The summed E-state index contributed by atoms with van der Waals surface area (Å²) in [5, 5.41) is 0. The zero-order valence-electron chi connectivity index (χ0n) is 11.8. The number of halogens is 1. The van der Waals surface area contributed by atoms with Crippen LogP contribution in [0.2, 0.25) is 0 Å². The van der Waals surface area contributed by atoms with Gasteiger partial charge in [0.1, 0.15) is 0 Å². The van der Waals surface area contributed by atoms with Crippen LogP contribution in [0.5, 0.6) is 0 Å². The minimum absolute atomic E-state index is 0.328. The SMILES string of the molecule is Cc1ccc(Br)cc1S(=O)(=O)NCCN(C)C(C)C. The molecule has 0 heterocycles. The Labute approximate surface area is 124 Å². The van der Waals surface area contributed by atoms with Gasteiger partial charge in [-0.2, -0.15) is 0 Å². The van der Waals surface area contributed by atoms with Gasteiger partial charge >= 0.3 is 0 Å². The van der Waals surface area contributed by atoms with Crippen molar-refractivity contribution >= 4 is 26.0 Å². The number of rotatable bonds is 6. The molecule has 0 saturated carbocycles. The molecule has 0 atom stereocenters. The first kappa shape index (κ1) is 16.6. The molecule has 1 aromatic carbocycles. The highest BCUT2D eigenvalue weighted by Gasteiger charge is 2.17. The summed E-state index contributed by atoms with van der Waals surface area (Å²) in [5.41, 5.74) is 0.743. The van der Waals surface area contributed by atoms with E-state index in [0.717, 1.165) is 10.0 Å². The van der Waals surface area contributed by atoms with Crippen LogP contribution in [0.4, 0.5) is 0 Å². The second kappa shape index (κ2) is 6.83. The zero-order valence-corrected chi connectivity index (χ0v) is 14.2. The van der Waals surface area contributed by atoms with Crippen molar-refractivity contribution in [3.8, 4) is 0 Å². The summed E-state index contributed by atoms with van der Waals surface area (Å²) in [6, 6.07) is 5.65. The molecule has 6 heteroatoms. The standard InChI is InChI=1S/C13H21BrN2O2S/c1-10(2)16(4)8-7-15-19(17,18)13-9-12(14)6-5-11(13)3/h5-6,9-10,15H,7-8H2,1-4H3. The van der Waals surface area contributed by atoms with Crippen molar-refractivity contribution in [1.29, 1.82) is 0 Å². The Bertz CT molecular complexity index is 529. The maximum atomic E-state index is 12.2. The lowest BCUT2D eigenvalue weighted by atomic mass is 10.2. The largest absolute Gasteiger partial charge is 0.303 e. The lowest BCUT2D eigenvalue weighted by molar-refractivity contribution is 0.278. The molecule has 0 unspecified atom stereocenters. The number of aryl methyl sites for hydroxylation is 1. The Morgan fingerprint density at radius 1 is 1.37 bits per heavy atom. The maximum Gasteiger partial charge on any atom is 0.240 e. The van der Waals surface area contributed by atoms with Crippen LogP contribution in [-0.2, 0) is 10.0 Å². The van der Waals surface area contributed by atoms with E-state index in [-0.39, 0.29) is 0 Å². The molecule has 0 aliphatic rings. The van der Waals surface area contributed by atoms with Crippen molar-refractivity contribution in [3.63, 3.8) is 0 Å². The topological polar surface area (TPSA) is 49.4 Å². The third-order valence-corrected chi connectivity index (χ3v) is 5.17. The van der Waals surface area contributed by atoms with Gasteiger partial charge in [0, 0.05) is 23.6 Å². The molecule has 19 heavy (non-hydrogen) atoms.